The van der Waals surface area contributed by atoms with E-state index in [1.54, 1.807) is 14.0 Å². The fourth-order valence-corrected chi connectivity index (χ4v) is 2.33. The van der Waals surface area contributed by atoms with Crippen molar-refractivity contribution in [2.24, 2.45) is 5.73 Å². The van der Waals surface area contributed by atoms with Crippen molar-refractivity contribution in [3.05, 3.63) is 0 Å². The summed E-state index contributed by atoms with van der Waals surface area (Å²) in [6.45, 7) is 2.48. The number of piperidine rings is 1. The average Bonchev–Trinajstić information content (AvgIpc) is 2.28. The second-order valence-electron chi connectivity index (χ2n) is 4.53. The van der Waals surface area contributed by atoms with Crippen molar-refractivity contribution in [1.82, 2.24) is 4.90 Å². The molecule has 102 valence electrons. The molecule has 2 unspecified atom stereocenters. The van der Waals surface area contributed by atoms with Crippen LogP contribution in [0.15, 0.2) is 0 Å². The molecule has 0 aromatic rings. The molecule has 1 fully saturated rings. The van der Waals surface area contributed by atoms with Crippen LogP contribution in [0.2, 0.25) is 0 Å². The molecular formula is C11H21F3N2O. The summed E-state index contributed by atoms with van der Waals surface area (Å²) < 4.78 is 44.1. The van der Waals surface area contributed by atoms with Gasteiger partial charge in [0, 0.05) is 26.2 Å². The Kier molecular flexibility index (Phi) is 5.22. The van der Waals surface area contributed by atoms with Crippen LogP contribution < -0.4 is 5.73 Å². The molecule has 2 N–H and O–H groups in total. The third-order valence-corrected chi connectivity index (χ3v) is 3.42. The Bertz CT molecular complexity index is 227. The Morgan fingerprint density at radius 1 is 1.35 bits per heavy atom. The lowest BCUT2D eigenvalue weighted by Gasteiger charge is -2.40. The fraction of sp³-hybridized carbons (Fsp3) is 1.00. The van der Waals surface area contributed by atoms with Gasteiger partial charge in [0.15, 0.2) is 0 Å². The molecule has 1 aliphatic heterocycles. The summed E-state index contributed by atoms with van der Waals surface area (Å²) in [5.74, 6) is 0. The van der Waals surface area contributed by atoms with Gasteiger partial charge in [0.05, 0.1) is 6.10 Å². The first kappa shape index (κ1) is 14.7. The molecule has 1 saturated heterocycles. The summed E-state index contributed by atoms with van der Waals surface area (Å²) >= 11 is 0. The van der Waals surface area contributed by atoms with Crippen LogP contribution in [0.4, 0.5) is 13.2 Å². The average molecular weight is 254 g/mol. The van der Waals surface area contributed by atoms with Crippen molar-refractivity contribution in [2.75, 3.05) is 20.2 Å². The molecule has 6 heteroatoms. The molecule has 0 aliphatic carbocycles. The predicted molar refractivity (Wildman–Crippen MR) is 59.7 cm³/mol. The summed E-state index contributed by atoms with van der Waals surface area (Å²) in [6, 6.07) is -2.38. The Balaban J connectivity index is 2.66. The van der Waals surface area contributed by atoms with Crippen molar-refractivity contribution in [3.8, 4) is 0 Å². The summed E-state index contributed by atoms with van der Waals surface area (Å²) in [5.41, 5.74) is 5.61. The molecule has 2 atom stereocenters. The third-order valence-electron chi connectivity index (χ3n) is 3.42. The van der Waals surface area contributed by atoms with Crippen molar-refractivity contribution in [1.29, 1.82) is 0 Å². The highest BCUT2D eigenvalue weighted by Crippen LogP contribution is 2.30. The van der Waals surface area contributed by atoms with Gasteiger partial charge in [-0.05, 0) is 19.3 Å². The minimum Gasteiger partial charge on any atom is -0.381 e. The maximum Gasteiger partial charge on any atom is 0.405 e. The molecule has 1 rings (SSSR count). The lowest BCUT2D eigenvalue weighted by molar-refractivity contribution is -0.194. The van der Waals surface area contributed by atoms with E-state index in [4.69, 9.17) is 10.5 Å². The Labute approximate surface area is 100 Å². The molecule has 0 amide bonds. The van der Waals surface area contributed by atoms with Crippen LogP contribution in [0.1, 0.15) is 26.2 Å². The van der Waals surface area contributed by atoms with Crippen LogP contribution in [0.25, 0.3) is 0 Å². The number of rotatable bonds is 4. The number of alkyl halides is 3. The first-order valence-corrected chi connectivity index (χ1v) is 5.99. The third kappa shape index (κ3) is 3.82. The first-order chi connectivity index (χ1) is 7.90. The van der Waals surface area contributed by atoms with Crippen molar-refractivity contribution in [3.63, 3.8) is 0 Å². The molecule has 3 nitrogen and oxygen atoms in total. The number of nitrogens with two attached hydrogens (primary N) is 1. The number of nitrogens with zero attached hydrogens (tertiary/aromatic N) is 1. The highest BCUT2D eigenvalue weighted by Gasteiger charge is 2.47. The zero-order chi connectivity index (χ0) is 13.1. The van der Waals surface area contributed by atoms with Gasteiger partial charge in [0.1, 0.15) is 6.04 Å². The summed E-state index contributed by atoms with van der Waals surface area (Å²) in [6.07, 6.45) is -2.57. The van der Waals surface area contributed by atoms with Crippen molar-refractivity contribution < 1.29 is 17.9 Å². The molecule has 0 radical (unpaired) electrons. The standard InChI is InChI=1S/C11H21F3N2O/c1-3-9(15)10(11(12,13)14)16-6-4-8(17-2)5-7-16/h8-10H,3-7,15H2,1-2H3. The van der Waals surface area contributed by atoms with Gasteiger partial charge < -0.3 is 10.5 Å². The highest BCUT2D eigenvalue weighted by molar-refractivity contribution is 4.90. The predicted octanol–water partition coefficient (Wildman–Crippen LogP) is 1.77. The fourth-order valence-electron chi connectivity index (χ4n) is 2.33. The van der Waals surface area contributed by atoms with E-state index >= 15 is 0 Å². The van der Waals surface area contributed by atoms with Crippen molar-refractivity contribution in [2.45, 2.75) is 50.6 Å². The van der Waals surface area contributed by atoms with Gasteiger partial charge in [-0.2, -0.15) is 13.2 Å². The quantitative estimate of drug-likeness (QED) is 0.831. The molecule has 0 aromatic carbocycles. The van der Waals surface area contributed by atoms with Crippen LogP contribution in [-0.4, -0.2) is 49.5 Å². The molecule has 1 heterocycles. The maximum atomic E-state index is 13.0. The van der Waals surface area contributed by atoms with Crippen LogP contribution >= 0.6 is 0 Å². The number of halogens is 3. The van der Waals surface area contributed by atoms with E-state index in [2.05, 4.69) is 0 Å². The van der Waals surface area contributed by atoms with Gasteiger partial charge in [-0.15, -0.1) is 0 Å². The minimum absolute atomic E-state index is 0.0815. The van der Waals surface area contributed by atoms with E-state index in [9.17, 15) is 13.2 Å². The SMILES string of the molecule is CCC(N)C(N1CCC(OC)CC1)C(F)(F)F. The summed E-state index contributed by atoms with van der Waals surface area (Å²) in [5, 5.41) is 0. The van der Waals surface area contributed by atoms with E-state index in [1.165, 1.54) is 4.90 Å². The lowest BCUT2D eigenvalue weighted by Crippen LogP contribution is -2.58. The summed E-state index contributed by atoms with van der Waals surface area (Å²) in [4.78, 5) is 1.45. The zero-order valence-corrected chi connectivity index (χ0v) is 10.3. The van der Waals surface area contributed by atoms with E-state index in [1.807, 2.05) is 0 Å². The minimum atomic E-state index is -4.25. The van der Waals surface area contributed by atoms with E-state index < -0.39 is 18.3 Å². The second-order valence-corrected chi connectivity index (χ2v) is 4.53. The second kappa shape index (κ2) is 6.02. The van der Waals surface area contributed by atoms with Gasteiger partial charge in [-0.1, -0.05) is 6.92 Å². The first-order valence-electron chi connectivity index (χ1n) is 5.99. The number of methoxy groups -OCH3 is 1. The number of ether oxygens (including phenoxy) is 1. The molecule has 1 aliphatic rings. The number of hydrogen-bond acceptors (Lipinski definition) is 3. The molecule has 0 aromatic heterocycles. The van der Waals surface area contributed by atoms with Crippen LogP contribution in [0, 0.1) is 0 Å². The van der Waals surface area contributed by atoms with E-state index in [0.717, 1.165) is 0 Å². The molecule has 0 spiro atoms. The van der Waals surface area contributed by atoms with Crippen LogP contribution in [-0.2, 0) is 4.74 Å². The molecule has 0 saturated carbocycles. The molecular weight excluding hydrogens is 233 g/mol. The Hall–Kier alpha value is -0.330. The van der Waals surface area contributed by atoms with E-state index in [-0.39, 0.29) is 6.10 Å². The zero-order valence-electron chi connectivity index (χ0n) is 10.3. The van der Waals surface area contributed by atoms with Crippen LogP contribution in [0.3, 0.4) is 0 Å². The van der Waals surface area contributed by atoms with Gasteiger partial charge in [-0.3, -0.25) is 4.90 Å². The molecule has 17 heavy (non-hydrogen) atoms. The lowest BCUT2D eigenvalue weighted by atomic mass is 9.99. The number of likely N-dealkylation sites (tertiary alicyclic amines) is 1. The maximum absolute atomic E-state index is 13.0. The van der Waals surface area contributed by atoms with Gasteiger partial charge in [0.25, 0.3) is 0 Å². The monoisotopic (exact) mass is 254 g/mol. The van der Waals surface area contributed by atoms with Gasteiger partial charge >= 0.3 is 6.18 Å². The smallest absolute Gasteiger partial charge is 0.381 e. The van der Waals surface area contributed by atoms with E-state index in [0.29, 0.717) is 32.4 Å². The normalized spacial score (nSPS) is 23.6. The summed E-state index contributed by atoms with van der Waals surface area (Å²) in [7, 11) is 1.60. The topological polar surface area (TPSA) is 38.5 Å². The Morgan fingerprint density at radius 3 is 2.24 bits per heavy atom. The molecule has 0 bridgehead atoms. The highest BCUT2D eigenvalue weighted by atomic mass is 19.4. The largest absolute Gasteiger partial charge is 0.405 e. The van der Waals surface area contributed by atoms with Crippen LogP contribution in [0.5, 0.6) is 0 Å². The van der Waals surface area contributed by atoms with Gasteiger partial charge in [-0.25, -0.2) is 0 Å². The number of hydrogen-bond donors (Lipinski definition) is 1. The Morgan fingerprint density at radius 2 is 1.88 bits per heavy atom. The van der Waals surface area contributed by atoms with Gasteiger partial charge in [0.2, 0.25) is 0 Å². The van der Waals surface area contributed by atoms with Crippen molar-refractivity contribution >= 4 is 0 Å².